The molecule has 0 amide bonds. The van der Waals surface area contributed by atoms with Crippen LogP contribution in [-0.4, -0.2) is 0 Å². The van der Waals surface area contributed by atoms with Gasteiger partial charge in [-0.1, -0.05) is 28.1 Å². The van der Waals surface area contributed by atoms with Crippen LogP contribution in [0.4, 0.5) is 13.2 Å². The molecule has 0 radical (unpaired) electrons. The lowest BCUT2D eigenvalue weighted by Crippen LogP contribution is -2.03. The Bertz CT molecular complexity index is 730. The van der Waals surface area contributed by atoms with E-state index < -0.39 is 34.1 Å². The molecular formula is C14H4BrF3N2. The number of hydrogen-bond donors (Lipinski definition) is 0. The van der Waals surface area contributed by atoms with E-state index in [1.165, 1.54) is 36.4 Å². The minimum Gasteiger partial charge on any atom is -0.205 e. The van der Waals surface area contributed by atoms with Crippen LogP contribution in [0, 0.1) is 40.1 Å². The monoisotopic (exact) mass is 336 g/mol. The first-order valence-corrected chi connectivity index (χ1v) is 6.07. The SMILES string of the molecule is N#Cc1c(F)c(C#N)c(F)c(-c2ccc(Br)cc2)c1F. The Kier molecular flexibility index (Phi) is 3.78. The highest BCUT2D eigenvalue weighted by atomic mass is 79.9. The molecule has 0 unspecified atom stereocenters. The van der Waals surface area contributed by atoms with E-state index in [2.05, 4.69) is 15.9 Å². The van der Waals surface area contributed by atoms with E-state index in [0.29, 0.717) is 4.47 Å². The van der Waals surface area contributed by atoms with Crippen LogP contribution in [0.5, 0.6) is 0 Å². The first-order valence-electron chi connectivity index (χ1n) is 5.27. The third-order valence-electron chi connectivity index (χ3n) is 2.67. The van der Waals surface area contributed by atoms with E-state index >= 15 is 0 Å². The molecule has 0 N–H and O–H groups in total. The van der Waals surface area contributed by atoms with Crippen molar-refractivity contribution in [2.45, 2.75) is 0 Å². The quantitative estimate of drug-likeness (QED) is 0.780. The Labute approximate surface area is 120 Å². The molecule has 2 aromatic carbocycles. The van der Waals surface area contributed by atoms with Crippen LogP contribution in [0.3, 0.4) is 0 Å². The highest BCUT2D eigenvalue weighted by molar-refractivity contribution is 9.10. The van der Waals surface area contributed by atoms with Gasteiger partial charge >= 0.3 is 0 Å². The molecule has 2 rings (SSSR count). The molecule has 0 heterocycles. The van der Waals surface area contributed by atoms with Crippen LogP contribution in [0.25, 0.3) is 11.1 Å². The van der Waals surface area contributed by atoms with Gasteiger partial charge in [-0.15, -0.1) is 0 Å². The van der Waals surface area contributed by atoms with Crippen LogP contribution < -0.4 is 0 Å². The Morgan fingerprint density at radius 1 is 0.800 bits per heavy atom. The average molecular weight is 337 g/mol. The fraction of sp³-hybridized carbons (Fsp3) is 0. The van der Waals surface area contributed by atoms with E-state index in [9.17, 15) is 13.2 Å². The maximum absolute atomic E-state index is 14.1. The summed E-state index contributed by atoms with van der Waals surface area (Å²) >= 11 is 3.17. The molecule has 6 heteroatoms. The van der Waals surface area contributed by atoms with E-state index in [0.717, 1.165) is 0 Å². The maximum Gasteiger partial charge on any atom is 0.164 e. The lowest BCUT2D eigenvalue weighted by Gasteiger charge is -2.09. The van der Waals surface area contributed by atoms with Crippen molar-refractivity contribution in [3.05, 3.63) is 57.3 Å². The van der Waals surface area contributed by atoms with Gasteiger partial charge in [-0.2, -0.15) is 10.5 Å². The highest BCUT2D eigenvalue weighted by Gasteiger charge is 2.25. The molecule has 0 spiro atoms. The molecule has 0 fully saturated rings. The Balaban J connectivity index is 2.87. The molecule has 0 aromatic heterocycles. The van der Waals surface area contributed by atoms with Crippen LogP contribution in [0.1, 0.15) is 11.1 Å². The zero-order valence-electron chi connectivity index (χ0n) is 9.72. The zero-order valence-corrected chi connectivity index (χ0v) is 11.3. The van der Waals surface area contributed by atoms with Crippen molar-refractivity contribution in [3.8, 4) is 23.3 Å². The smallest absolute Gasteiger partial charge is 0.164 e. The van der Waals surface area contributed by atoms with Gasteiger partial charge in [0.05, 0.1) is 5.56 Å². The molecule has 0 saturated carbocycles. The summed E-state index contributed by atoms with van der Waals surface area (Å²) in [5.74, 6) is -4.11. The molecule has 0 aliphatic carbocycles. The molecule has 0 saturated heterocycles. The van der Waals surface area contributed by atoms with Gasteiger partial charge in [0, 0.05) is 4.47 Å². The third kappa shape index (κ3) is 2.15. The summed E-state index contributed by atoms with van der Waals surface area (Å²) in [6.45, 7) is 0. The van der Waals surface area contributed by atoms with Gasteiger partial charge < -0.3 is 0 Å². The van der Waals surface area contributed by atoms with Crippen molar-refractivity contribution in [2.24, 2.45) is 0 Å². The molecule has 20 heavy (non-hydrogen) atoms. The summed E-state index contributed by atoms with van der Waals surface area (Å²) in [7, 11) is 0. The van der Waals surface area contributed by atoms with Gasteiger partial charge in [0.25, 0.3) is 0 Å². The second-order valence-electron chi connectivity index (χ2n) is 3.80. The fourth-order valence-electron chi connectivity index (χ4n) is 1.73. The van der Waals surface area contributed by atoms with Crippen molar-refractivity contribution in [3.63, 3.8) is 0 Å². The fourth-order valence-corrected chi connectivity index (χ4v) is 1.99. The number of halogens is 4. The predicted octanol–water partition coefficient (Wildman–Crippen LogP) is 4.28. The summed E-state index contributed by atoms with van der Waals surface area (Å²) in [5.41, 5.74) is -2.43. The summed E-state index contributed by atoms with van der Waals surface area (Å²) in [6.07, 6.45) is 0. The molecule has 0 bridgehead atoms. The minimum atomic E-state index is -1.48. The second kappa shape index (κ2) is 5.36. The van der Waals surface area contributed by atoms with Gasteiger partial charge in [0.15, 0.2) is 17.5 Å². The number of hydrogen-bond acceptors (Lipinski definition) is 2. The Morgan fingerprint density at radius 3 is 1.65 bits per heavy atom. The number of nitrogens with zero attached hydrogens (tertiary/aromatic N) is 2. The van der Waals surface area contributed by atoms with Gasteiger partial charge in [-0.25, -0.2) is 13.2 Å². The lowest BCUT2D eigenvalue weighted by atomic mass is 9.98. The Morgan fingerprint density at radius 2 is 1.25 bits per heavy atom. The third-order valence-corrected chi connectivity index (χ3v) is 3.20. The minimum absolute atomic E-state index is 0.108. The molecule has 0 aliphatic rings. The summed E-state index contributed by atoms with van der Waals surface area (Å²) in [5, 5.41) is 17.5. The van der Waals surface area contributed by atoms with Gasteiger partial charge in [-0.05, 0) is 17.7 Å². The van der Waals surface area contributed by atoms with E-state index in [1.807, 2.05) is 0 Å². The van der Waals surface area contributed by atoms with Crippen molar-refractivity contribution < 1.29 is 13.2 Å². The number of rotatable bonds is 1. The molecule has 2 nitrogen and oxygen atoms in total. The molecule has 0 atom stereocenters. The van der Waals surface area contributed by atoms with Crippen molar-refractivity contribution in [2.75, 3.05) is 0 Å². The van der Waals surface area contributed by atoms with Crippen LogP contribution in [0.2, 0.25) is 0 Å². The van der Waals surface area contributed by atoms with E-state index in [1.54, 1.807) is 0 Å². The topological polar surface area (TPSA) is 47.6 Å². The summed E-state index contributed by atoms with van der Waals surface area (Å²) < 4.78 is 42.5. The number of benzene rings is 2. The predicted molar refractivity (Wildman–Crippen MR) is 68.9 cm³/mol. The zero-order chi connectivity index (χ0) is 14.9. The summed E-state index contributed by atoms with van der Waals surface area (Å²) in [4.78, 5) is 0. The van der Waals surface area contributed by atoms with Crippen molar-refractivity contribution in [1.29, 1.82) is 10.5 Å². The summed E-state index contributed by atoms with van der Waals surface area (Å²) in [6, 6.07) is 8.48. The van der Waals surface area contributed by atoms with Gasteiger partial charge in [0.2, 0.25) is 0 Å². The van der Waals surface area contributed by atoms with Crippen LogP contribution in [-0.2, 0) is 0 Å². The van der Waals surface area contributed by atoms with E-state index in [-0.39, 0.29) is 5.56 Å². The largest absolute Gasteiger partial charge is 0.205 e. The second-order valence-corrected chi connectivity index (χ2v) is 4.71. The first kappa shape index (κ1) is 14.1. The highest BCUT2D eigenvalue weighted by Crippen LogP contribution is 2.32. The first-order chi connectivity index (χ1) is 9.51. The number of nitriles is 2. The molecule has 98 valence electrons. The van der Waals surface area contributed by atoms with E-state index in [4.69, 9.17) is 10.5 Å². The van der Waals surface area contributed by atoms with Crippen molar-refractivity contribution in [1.82, 2.24) is 0 Å². The van der Waals surface area contributed by atoms with Crippen LogP contribution in [0.15, 0.2) is 28.7 Å². The van der Waals surface area contributed by atoms with Gasteiger partial charge in [0.1, 0.15) is 23.3 Å². The normalized spacial score (nSPS) is 9.90. The maximum atomic E-state index is 14.1. The van der Waals surface area contributed by atoms with Gasteiger partial charge in [-0.3, -0.25) is 0 Å². The van der Waals surface area contributed by atoms with Crippen molar-refractivity contribution >= 4 is 15.9 Å². The standard InChI is InChI=1S/C14H4BrF3N2/c15-8-3-1-7(2-4-8)11-13(17)9(5-19)12(16)10(6-20)14(11)18/h1-4H. The van der Waals surface area contributed by atoms with Crippen LogP contribution >= 0.6 is 15.9 Å². The molecule has 0 aliphatic heterocycles. The Hall–Kier alpha value is -2.31. The lowest BCUT2D eigenvalue weighted by molar-refractivity contribution is 0.539. The average Bonchev–Trinajstić information content (AvgIpc) is 2.42. The molecule has 2 aromatic rings. The molecular weight excluding hydrogens is 333 g/mol.